The minimum atomic E-state index is -0.0375. The second-order valence-corrected chi connectivity index (χ2v) is 6.13. The highest BCUT2D eigenvalue weighted by Gasteiger charge is 2.19. The summed E-state index contributed by atoms with van der Waals surface area (Å²) in [6.07, 6.45) is 0.917. The average Bonchev–Trinajstić information content (AvgIpc) is 2.58. The molecule has 0 bridgehead atoms. The van der Waals surface area contributed by atoms with Crippen molar-refractivity contribution >= 4 is 11.7 Å². The molecule has 5 nitrogen and oxygen atoms in total. The number of aryl methyl sites for hydroxylation is 1. The maximum atomic E-state index is 13.0. The number of amides is 1. The molecule has 0 atom stereocenters. The SMILES string of the molecule is COc1ccc(C(=O)N(CCC[NH+](C)C)c2cccc(C)n2)cc1.[Cl-]. The fraction of sp³-hybridized carbons (Fsp3) is 0.368. The van der Waals surface area contributed by atoms with E-state index >= 15 is 0 Å². The molecule has 1 heterocycles. The summed E-state index contributed by atoms with van der Waals surface area (Å²) >= 11 is 0. The Hall–Kier alpha value is -2.11. The van der Waals surface area contributed by atoms with E-state index in [9.17, 15) is 4.79 Å². The molecule has 1 aromatic heterocycles. The Labute approximate surface area is 156 Å². The number of aromatic nitrogens is 1. The minimum Gasteiger partial charge on any atom is -1.00 e. The van der Waals surface area contributed by atoms with Gasteiger partial charge in [0.05, 0.1) is 27.7 Å². The molecule has 0 saturated carbocycles. The number of hydrogen-bond donors (Lipinski definition) is 1. The van der Waals surface area contributed by atoms with Crippen LogP contribution in [-0.2, 0) is 0 Å². The first-order valence-electron chi connectivity index (χ1n) is 8.20. The van der Waals surface area contributed by atoms with Crippen molar-refractivity contribution in [1.82, 2.24) is 4.98 Å². The molecular formula is C19H26ClN3O2. The summed E-state index contributed by atoms with van der Waals surface area (Å²) in [7, 11) is 5.84. The van der Waals surface area contributed by atoms with Crippen molar-refractivity contribution in [3.8, 4) is 5.75 Å². The number of anilines is 1. The molecular weight excluding hydrogens is 338 g/mol. The first-order chi connectivity index (χ1) is 11.5. The van der Waals surface area contributed by atoms with E-state index in [0.717, 1.165) is 24.4 Å². The summed E-state index contributed by atoms with van der Waals surface area (Å²) in [5.74, 6) is 1.40. The molecule has 0 spiro atoms. The molecule has 1 amide bonds. The topological polar surface area (TPSA) is 46.9 Å². The lowest BCUT2D eigenvalue weighted by molar-refractivity contribution is -0.858. The van der Waals surface area contributed by atoms with Crippen LogP contribution >= 0.6 is 0 Å². The molecule has 0 fully saturated rings. The quantitative estimate of drug-likeness (QED) is 0.657. The highest BCUT2D eigenvalue weighted by molar-refractivity contribution is 6.05. The minimum absolute atomic E-state index is 0. The van der Waals surface area contributed by atoms with Crippen LogP contribution in [0.1, 0.15) is 22.5 Å². The van der Waals surface area contributed by atoms with E-state index in [1.165, 1.54) is 4.90 Å². The van der Waals surface area contributed by atoms with Gasteiger partial charge in [-0.1, -0.05) is 6.07 Å². The predicted molar refractivity (Wildman–Crippen MR) is 95.9 cm³/mol. The van der Waals surface area contributed by atoms with E-state index in [2.05, 4.69) is 19.1 Å². The van der Waals surface area contributed by atoms with Gasteiger partial charge in [-0.2, -0.15) is 0 Å². The molecule has 0 radical (unpaired) electrons. The number of ether oxygens (including phenoxy) is 1. The zero-order valence-electron chi connectivity index (χ0n) is 15.3. The van der Waals surface area contributed by atoms with Crippen LogP contribution < -0.4 is 26.9 Å². The molecule has 0 aliphatic rings. The average molecular weight is 364 g/mol. The highest BCUT2D eigenvalue weighted by Crippen LogP contribution is 2.18. The van der Waals surface area contributed by atoms with Crippen LogP contribution in [0, 0.1) is 6.92 Å². The summed E-state index contributed by atoms with van der Waals surface area (Å²) in [5, 5.41) is 0. The molecule has 0 unspecified atom stereocenters. The third-order valence-electron chi connectivity index (χ3n) is 3.79. The number of hydrogen-bond acceptors (Lipinski definition) is 3. The Kier molecular flexibility index (Phi) is 8.38. The smallest absolute Gasteiger partial charge is 0.259 e. The lowest BCUT2D eigenvalue weighted by atomic mass is 10.1. The van der Waals surface area contributed by atoms with E-state index in [1.807, 2.05) is 25.1 Å². The van der Waals surface area contributed by atoms with E-state index in [1.54, 1.807) is 36.3 Å². The van der Waals surface area contributed by atoms with Crippen LogP contribution in [0.5, 0.6) is 5.75 Å². The normalized spacial score (nSPS) is 10.3. The number of methoxy groups -OCH3 is 1. The highest BCUT2D eigenvalue weighted by atomic mass is 35.5. The summed E-state index contributed by atoms with van der Waals surface area (Å²) in [5.41, 5.74) is 1.54. The summed E-state index contributed by atoms with van der Waals surface area (Å²) in [6.45, 7) is 3.58. The molecule has 0 aliphatic heterocycles. The van der Waals surface area contributed by atoms with Crippen molar-refractivity contribution < 1.29 is 26.8 Å². The van der Waals surface area contributed by atoms with Gasteiger partial charge < -0.3 is 22.0 Å². The van der Waals surface area contributed by atoms with E-state index in [0.29, 0.717) is 17.9 Å². The van der Waals surface area contributed by atoms with Gasteiger partial charge in [-0.3, -0.25) is 9.69 Å². The number of halogens is 1. The number of benzene rings is 1. The van der Waals surface area contributed by atoms with Crippen LogP contribution in [-0.4, -0.2) is 45.2 Å². The standard InChI is InChI=1S/C19H25N3O2.ClH/c1-15-7-5-8-18(20-15)22(14-6-13-21(2)3)19(23)16-9-11-17(24-4)12-10-16;/h5,7-12H,6,13-14H2,1-4H3;1H. The maximum Gasteiger partial charge on any atom is 0.259 e. The van der Waals surface area contributed by atoms with Crippen molar-refractivity contribution in [2.75, 3.05) is 39.2 Å². The van der Waals surface area contributed by atoms with Crippen LogP contribution in [0.2, 0.25) is 0 Å². The Morgan fingerprint density at radius 2 is 1.84 bits per heavy atom. The number of quaternary nitrogens is 1. The van der Waals surface area contributed by atoms with E-state index in [-0.39, 0.29) is 18.3 Å². The van der Waals surface area contributed by atoms with Crippen molar-refractivity contribution in [2.24, 2.45) is 0 Å². The van der Waals surface area contributed by atoms with E-state index < -0.39 is 0 Å². The molecule has 0 saturated heterocycles. The van der Waals surface area contributed by atoms with Gasteiger partial charge in [0.15, 0.2) is 0 Å². The Morgan fingerprint density at radius 3 is 2.40 bits per heavy atom. The fourth-order valence-electron chi connectivity index (χ4n) is 2.48. The second-order valence-electron chi connectivity index (χ2n) is 6.13. The Balaban J connectivity index is 0.00000312. The van der Waals surface area contributed by atoms with Gasteiger partial charge in [-0.05, 0) is 43.3 Å². The third-order valence-corrected chi connectivity index (χ3v) is 3.79. The predicted octanol–water partition coefficient (Wildman–Crippen LogP) is -1.42. The van der Waals surface area contributed by atoms with Gasteiger partial charge in [-0.15, -0.1) is 0 Å². The number of carbonyl (C=O) groups excluding carboxylic acids is 1. The number of carbonyl (C=O) groups is 1. The van der Waals surface area contributed by atoms with Gasteiger partial charge in [0, 0.05) is 24.2 Å². The fourth-order valence-corrected chi connectivity index (χ4v) is 2.48. The first-order valence-corrected chi connectivity index (χ1v) is 8.20. The zero-order valence-corrected chi connectivity index (χ0v) is 16.0. The monoisotopic (exact) mass is 363 g/mol. The zero-order chi connectivity index (χ0) is 17.5. The number of nitrogens with one attached hydrogen (secondary N) is 1. The number of rotatable bonds is 7. The molecule has 1 aromatic carbocycles. The lowest BCUT2D eigenvalue weighted by Crippen LogP contribution is -3.05. The van der Waals surface area contributed by atoms with Crippen LogP contribution in [0.3, 0.4) is 0 Å². The Bertz CT molecular complexity index is 675. The van der Waals surface area contributed by atoms with Crippen LogP contribution in [0.25, 0.3) is 0 Å². The van der Waals surface area contributed by atoms with Crippen LogP contribution in [0.15, 0.2) is 42.5 Å². The molecule has 1 N–H and O–H groups in total. The molecule has 2 rings (SSSR count). The number of nitrogens with zero attached hydrogens (tertiary/aromatic N) is 2. The molecule has 136 valence electrons. The molecule has 0 aliphatic carbocycles. The third kappa shape index (κ3) is 6.03. The summed E-state index contributed by atoms with van der Waals surface area (Å²) in [4.78, 5) is 20.6. The lowest BCUT2D eigenvalue weighted by Gasteiger charge is -2.22. The van der Waals surface area contributed by atoms with Gasteiger partial charge in [0.25, 0.3) is 5.91 Å². The Morgan fingerprint density at radius 1 is 1.16 bits per heavy atom. The van der Waals surface area contributed by atoms with Gasteiger partial charge in [0.2, 0.25) is 0 Å². The van der Waals surface area contributed by atoms with Crippen molar-refractivity contribution in [3.05, 3.63) is 53.7 Å². The maximum absolute atomic E-state index is 13.0. The van der Waals surface area contributed by atoms with Gasteiger partial charge >= 0.3 is 0 Å². The van der Waals surface area contributed by atoms with Crippen LogP contribution in [0.4, 0.5) is 5.82 Å². The summed E-state index contributed by atoms with van der Waals surface area (Å²) < 4.78 is 5.16. The van der Waals surface area contributed by atoms with Gasteiger partial charge in [0.1, 0.15) is 11.6 Å². The van der Waals surface area contributed by atoms with Crippen molar-refractivity contribution in [2.45, 2.75) is 13.3 Å². The van der Waals surface area contributed by atoms with Gasteiger partial charge in [-0.25, -0.2) is 4.98 Å². The molecule has 25 heavy (non-hydrogen) atoms. The largest absolute Gasteiger partial charge is 1.00 e. The molecule has 6 heteroatoms. The summed E-state index contributed by atoms with van der Waals surface area (Å²) in [6, 6.07) is 12.9. The van der Waals surface area contributed by atoms with Crippen molar-refractivity contribution in [1.29, 1.82) is 0 Å². The second kappa shape index (κ2) is 10.0. The van der Waals surface area contributed by atoms with E-state index in [4.69, 9.17) is 4.74 Å². The first kappa shape index (κ1) is 20.9. The number of pyridine rings is 1. The van der Waals surface area contributed by atoms with Crippen molar-refractivity contribution in [3.63, 3.8) is 0 Å². The molecule has 2 aromatic rings.